The maximum absolute atomic E-state index is 5.56. The Balaban J connectivity index is 1.56. The van der Waals surface area contributed by atoms with Gasteiger partial charge in [-0.15, -0.1) is 0 Å². The summed E-state index contributed by atoms with van der Waals surface area (Å²) in [6.07, 6.45) is 3.74. The topological polar surface area (TPSA) is 73.8 Å². The summed E-state index contributed by atoms with van der Waals surface area (Å²) in [4.78, 5) is 6.78. The van der Waals surface area contributed by atoms with E-state index in [9.17, 15) is 0 Å². The van der Waals surface area contributed by atoms with Crippen molar-refractivity contribution < 1.29 is 18.4 Å². The van der Waals surface area contributed by atoms with E-state index >= 15 is 0 Å². The summed E-state index contributed by atoms with van der Waals surface area (Å²) >= 11 is 0. The first-order valence-corrected chi connectivity index (χ1v) is 8.61. The molecule has 1 aliphatic heterocycles. The lowest BCUT2D eigenvalue weighted by Crippen LogP contribution is -2.23. The van der Waals surface area contributed by atoms with Gasteiger partial charge in [-0.05, 0) is 49.7 Å². The van der Waals surface area contributed by atoms with E-state index in [-0.39, 0.29) is 6.04 Å². The van der Waals surface area contributed by atoms with Gasteiger partial charge in [0.2, 0.25) is 11.7 Å². The number of hydrogen-bond acceptors (Lipinski definition) is 7. The van der Waals surface area contributed by atoms with Crippen LogP contribution in [0.25, 0.3) is 11.6 Å². The zero-order valence-electron chi connectivity index (χ0n) is 14.8. The Labute approximate surface area is 151 Å². The lowest BCUT2D eigenvalue weighted by atomic mass is 10.0. The third kappa shape index (κ3) is 3.17. The quantitative estimate of drug-likeness (QED) is 0.667. The van der Waals surface area contributed by atoms with Gasteiger partial charge in [0.15, 0.2) is 5.76 Å². The Morgan fingerprint density at radius 3 is 2.92 bits per heavy atom. The molecule has 0 saturated carbocycles. The van der Waals surface area contributed by atoms with E-state index in [1.807, 2.05) is 24.3 Å². The third-order valence-electron chi connectivity index (χ3n) is 4.71. The van der Waals surface area contributed by atoms with Gasteiger partial charge in [0.05, 0.1) is 27.0 Å². The lowest BCUT2D eigenvalue weighted by Gasteiger charge is -2.25. The van der Waals surface area contributed by atoms with Crippen molar-refractivity contribution in [1.29, 1.82) is 0 Å². The number of furan rings is 1. The highest BCUT2D eigenvalue weighted by Crippen LogP contribution is 2.39. The van der Waals surface area contributed by atoms with E-state index in [1.165, 1.54) is 0 Å². The molecule has 3 aromatic rings. The van der Waals surface area contributed by atoms with Gasteiger partial charge in [0.25, 0.3) is 0 Å². The molecule has 4 rings (SSSR count). The molecule has 7 nitrogen and oxygen atoms in total. The largest absolute Gasteiger partial charge is 0.497 e. The molecule has 1 unspecified atom stereocenters. The molecular weight excluding hydrogens is 334 g/mol. The SMILES string of the molecule is COc1ccc(OC)c(C2CCCN2Cc2nc(-c3ccco3)no2)c1. The van der Waals surface area contributed by atoms with Crippen molar-refractivity contribution in [1.82, 2.24) is 15.0 Å². The number of aromatic nitrogens is 2. The van der Waals surface area contributed by atoms with Crippen molar-refractivity contribution in [2.75, 3.05) is 20.8 Å². The maximum atomic E-state index is 5.56. The Bertz CT molecular complexity index is 860. The predicted octanol–water partition coefficient (Wildman–Crippen LogP) is 3.68. The number of nitrogens with zero attached hydrogens (tertiary/aromatic N) is 3. The van der Waals surface area contributed by atoms with Crippen LogP contribution in [0.15, 0.2) is 45.5 Å². The molecule has 1 atom stereocenters. The molecule has 1 aliphatic rings. The average Bonchev–Trinajstić information content (AvgIpc) is 3.42. The summed E-state index contributed by atoms with van der Waals surface area (Å²) in [5.41, 5.74) is 1.12. The van der Waals surface area contributed by atoms with E-state index in [4.69, 9.17) is 18.4 Å². The van der Waals surface area contributed by atoms with Gasteiger partial charge in [0, 0.05) is 11.6 Å². The second-order valence-corrected chi connectivity index (χ2v) is 6.23. The van der Waals surface area contributed by atoms with Crippen molar-refractivity contribution in [3.8, 4) is 23.1 Å². The zero-order valence-corrected chi connectivity index (χ0v) is 14.8. The van der Waals surface area contributed by atoms with Crippen LogP contribution < -0.4 is 9.47 Å². The molecule has 0 radical (unpaired) electrons. The number of hydrogen-bond donors (Lipinski definition) is 0. The summed E-state index contributed by atoms with van der Waals surface area (Å²) in [5.74, 6) is 3.34. The average molecular weight is 355 g/mol. The highest BCUT2D eigenvalue weighted by atomic mass is 16.5. The molecule has 0 N–H and O–H groups in total. The van der Waals surface area contributed by atoms with Gasteiger partial charge in [-0.1, -0.05) is 5.16 Å². The van der Waals surface area contributed by atoms with Gasteiger partial charge in [-0.25, -0.2) is 0 Å². The lowest BCUT2D eigenvalue weighted by molar-refractivity contribution is 0.209. The van der Waals surface area contributed by atoms with Crippen molar-refractivity contribution in [3.05, 3.63) is 48.0 Å². The molecule has 1 fully saturated rings. The maximum Gasteiger partial charge on any atom is 0.241 e. The summed E-state index contributed by atoms with van der Waals surface area (Å²) in [5, 5.41) is 4.01. The second-order valence-electron chi connectivity index (χ2n) is 6.23. The molecule has 3 heterocycles. The van der Waals surface area contributed by atoms with Gasteiger partial charge < -0.3 is 18.4 Å². The van der Waals surface area contributed by atoms with E-state index in [0.29, 0.717) is 24.0 Å². The summed E-state index contributed by atoms with van der Waals surface area (Å²) in [6, 6.07) is 9.75. The normalized spacial score (nSPS) is 17.5. The first kappa shape index (κ1) is 16.7. The molecule has 0 bridgehead atoms. The fraction of sp³-hybridized carbons (Fsp3) is 0.368. The summed E-state index contributed by atoms with van der Waals surface area (Å²) in [6.45, 7) is 1.54. The Morgan fingerprint density at radius 1 is 1.23 bits per heavy atom. The predicted molar refractivity (Wildman–Crippen MR) is 93.9 cm³/mol. The third-order valence-corrected chi connectivity index (χ3v) is 4.71. The minimum atomic E-state index is 0.221. The number of likely N-dealkylation sites (tertiary alicyclic amines) is 1. The summed E-state index contributed by atoms with van der Waals surface area (Å²) in [7, 11) is 3.37. The number of ether oxygens (including phenoxy) is 2. The summed E-state index contributed by atoms with van der Waals surface area (Å²) < 4.78 is 21.7. The Hall–Kier alpha value is -2.80. The van der Waals surface area contributed by atoms with Crippen molar-refractivity contribution >= 4 is 0 Å². The Morgan fingerprint density at radius 2 is 2.15 bits per heavy atom. The molecule has 7 heteroatoms. The number of methoxy groups -OCH3 is 2. The van der Waals surface area contributed by atoms with Crippen LogP contribution in [0.1, 0.15) is 30.3 Å². The van der Waals surface area contributed by atoms with Crippen LogP contribution in [0, 0.1) is 0 Å². The minimum Gasteiger partial charge on any atom is -0.497 e. The molecule has 26 heavy (non-hydrogen) atoms. The van der Waals surface area contributed by atoms with E-state index in [2.05, 4.69) is 15.0 Å². The van der Waals surface area contributed by atoms with Crippen molar-refractivity contribution in [2.24, 2.45) is 0 Å². The zero-order chi connectivity index (χ0) is 17.9. The van der Waals surface area contributed by atoms with Crippen LogP contribution in [0.4, 0.5) is 0 Å². The molecule has 136 valence electrons. The number of rotatable bonds is 6. The van der Waals surface area contributed by atoms with Crippen LogP contribution in [0.3, 0.4) is 0 Å². The van der Waals surface area contributed by atoms with Gasteiger partial charge in [-0.2, -0.15) is 4.98 Å². The molecule has 1 saturated heterocycles. The molecular formula is C19H21N3O4. The van der Waals surface area contributed by atoms with Crippen LogP contribution in [-0.2, 0) is 6.54 Å². The van der Waals surface area contributed by atoms with E-state index in [1.54, 1.807) is 26.5 Å². The monoisotopic (exact) mass is 355 g/mol. The molecule has 0 spiro atoms. The molecule has 0 aliphatic carbocycles. The smallest absolute Gasteiger partial charge is 0.241 e. The molecule has 2 aromatic heterocycles. The molecule has 0 amide bonds. The highest BCUT2D eigenvalue weighted by molar-refractivity contribution is 5.45. The van der Waals surface area contributed by atoms with Gasteiger partial charge >= 0.3 is 0 Å². The fourth-order valence-electron chi connectivity index (χ4n) is 3.47. The van der Waals surface area contributed by atoms with Crippen LogP contribution in [0.5, 0.6) is 11.5 Å². The number of benzene rings is 1. The van der Waals surface area contributed by atoms with Crippen LogP contribution in [-0.4, -0.2) is 35.8 Å². The van der Waals surface area contributed by atoms with Crippen molar-refractivity contribution in [3.63, 3.8) is 0 Å². The van der Waals surface area contributed by atoms with E-state index in [0.717, 1.165) is 36.4 Å². The van der Waals surface area contributed by atoms with Crippen molar-refractivity contribution in [2.45, 2.75) is 25.4 Å². The van der Waals surface area contributed by atoms with Gasteiger partial charge in [0.1, 0.15) is 11.5 Å². The first-order chi connectivity index (χ1) is 12.8. The standard InChI is InChI=1S/C19H21N3O4/c1-23-13-7-8-16(24-2)14(11-13)15-5-3-9-22(15)12-18-20-19(21-26-18)17-6-4-10-25-17/h4,6-8,10-11,15H,3,5,9,12H2,1-2H3. The van der Waals surface area contributed by atoms with Crippen LogP contribution in [0.2, 0.25) is 0 Å². The second kappa shape index (κ2) is 7.21. The minimum absolute atomic E-state index is 0.221. The molecule has 1 aromatic carbocycles. The van der Waals surface area contributed by atoms with Gasteiger partial charge in [-0.3, -0.25) is 4.90 Å². The fourth-order valence-corrected chi connectivity index (χ4v) is 3.47. The Kier molecular flexibility index (Phi) is 4.62. The van der Waals surface area contributed by atoms with Crippen LogP contribution >= 0.6 is 0 Å². The first-order valence-electron chi connectivity index (χ1n) is 8.61. The van der Waals surface area contributed by atoms with E-state index < -0.39 is 0 Å². The highest BCUT2D eigenvalue weighted by Gasteiger charge is 2.30.